The van der Waals surface area contributed by atoms with Crippen LogP contribution in [0.1, 0.15) is 6.42 Å². The number of carbonyl (C=O) groups excluding carboxylic acids is 1. The summed E-state index contributed by atoms with van der Waals surface area (Å²) in [6.07, 6.45) is -0.233. The number of rotatable bonds is 2. The normalized spacial score (nSPS) is 22.8. The molecule has 5 nitrogen and oxygen atoms in total. The summed E-state index contributed by atoms with van der Waals surface area (Å²) >= 11 is 4.75. The van der Waals surface area contributed by atoms with Crippen molar-refractivity contribution in [2.24, 2.45) is 0 Å². The van der Waals surface area contributed by atoms with Gasteiger partial charge in [-0.15, -0.1) is 0 Å². The highest BCUT2D eigenvalue weighted by Crippen LogP contribution is 2.06. The van der Waals surface area contributed by atoms with Crippen LogP contribution in [0.3, 0.4) is 0 Å². The fourth-order valence-corrected chi connectivity index (χ4v) is 1.19. The Kier molecular flexibility index (Phi) is 2.27. The van der Waals surface area contributed by atoms with Gasteiger partial charge < -0.3 is 10.4 Å². The predicted octanol–water partition coefficient (Wildman–Crippen LogP) is -0.824. The molecule has 1 fully saturated rings. The molecule has 0 aromatic rings. The molecule has 2 N–H and O–H groups in total. The number of carboxylic acid groups (broad SMARTS) is 1. The third-order valence-corrected chi connectivity index (χ3v) is 2.00. The number of carboxylic acids is 1. The maximum absolute atomic E-state index is 11.2. The van der Waals surface area contributed by atoms with Crippen molar-refractivity contribution >= 4 is 29.2 Å². The number of thiocarbonyl (C=S) groups is 1. The van der Waals surface area contributed by atoms with Crippen LogP contribution in [-0.4, -0.2) is 40.1 Å². The molecular formula is C6H8N2O3S. The van der Waals surface area contributed by atoms with E-state index in [-0.39, 0.29) is 17.4 Å². The van der Waals surface area contributed by atoms with Crippen molar-refractivity contribution in [1.29, 1.82) is 0 Å². The van der Waals surface area contributed by atoms with Gasteiger partial charge in [0.05, 0.1) is 6.42 Å². The van der Waals surface area contributed by atoms with E-state index in [2.05, 4.69) is 5.32 Å². The van der Waals surface area contributed by atoms with E-state index in [1.807, 2.05) is 0 Å². The topological polar surface area (TPSA) is 69.6 Å². The van der Waals surface area contributed by atoms with E-state index < -0.39 is 12.0 Å². The van der Waals surface area contributed by atoms with Gasteiger partial charge in [0.1, 0.15) is 6.04 Å². The average Bonchev–Trinajstić information content (AvgIpc) is 2.17. The number of nitrogens with zero attached hydrogens (tertiary/aromatic N) is 1. The molecule has 66 valence electrons. The smallest absolute Gasteiger partial charge is 0.305 e. The van der Waals surface area contributed by atoms with Crippen LogP contribution >= 0.6 is 12.2 Å². The molecule has 1 aliphatic rings. The molecular weight excluding hydrogens is 180 g/mol. The van der Waals surface area contributed by atoms with Gasteiger partial charge in [0, 0.05) is 7.05 Å². The maximum atomic E-state index is 11.2. The third-order valence-electron chi connectivity index (χ3n) is 1.61. The number of hydrogen-bond donors (Lipinski definition) is 2. The molecule has 12 heavy (non-hydrogen) atoms. The second kappa shape index (κ2) is 3.06. The first-order valence-electron chi connectivity index (χ1n) is 3.32. The average molecular weight is 188 g/mol. The molecule has 0 aromatic heterocycles. The first-order chi connectivity index (χ1) is 5.52. The van der Waals surface area contributed by atoms with Crippen LogP contribution in [-0.2, 0) is 9.59 Å². The van der Waals surface area contributed by atoms with Gasteiger partial charge in [0.15, 0.2) is 5.11 Å². The Morgan fingerprint density at radius 2 is 2.42 bits per heavy atom. The molecule has 0 spiro atoms. The largest absolute Gasteiger partial charge is 0.481 e. The molecule has 1 atom stereocenters. The molecule has 1 saturated heterocycles. The van der Waals surface area contributed by atoms with Gasteiger partial charge in [-0.3, -0.25) is 14.5 Å². The zero-order chi connectivity index (χ0) is 9.30. The Labute approximate surface area is 74.3 Å². The number of amides is 1. The number of likely N-dealkylation sites (N-methyl/N-ethyl adjacent to an activating group) is 1. The van der Waals surface area contributed by atoms with Crippen LogP contribution in [0, 0.1) is 0 Å². The van der Waals surface area contributed by atoms with E-state index >= 15 is 0 Å². The molecule has 0 aliphatic carbocycles. The number of aliphatic carboxylic acids is 1. The van der Waals surface area contributed by atoms with Crippen LogP contribution < -0.4 is 5.32 Å². The van der Waals surface area contributed by atoms with Gasteiger partial charge in [0.25, 0.3) is 5.91 Å². The van der Waals surface area contributed by atoms with Crippen molar-refractivity contribution in [3.63, 3.8) is 0 Å². The third kappa shape index (κ3) is 1.53. The Morgan fingerprint density at radius 1 is 1.83 bits per heavy atom. The number of carbonyl (C=O) groups is 2. The molecule has 1 amide bonds. The second-order valence-corrected chi connectivity index (χ2v) is 2.88. The number of nitrogens with one attached hydrogen (secondary N) is 1. The van der Waals surface area contributed by atoms with E-state index in [0.29, 0.717) is 0 Å². The Bertz CT molecular complexity index is 251. The van der Waals surface area contributed by atoms with Crippen molar-refractivity contribution < 1.29 is 14.7 Å². The monoisotopic (exact) mass is 188 g/mol. The van der Waals surface area contributed by atoms with Crippen LogP contribution in [0.4, 0.5) is 0 Å². The summed E-state index contributed by atoms with van der Waals surface area (Å²) in [6, 6.07) is -0.694. The summed E-state index contributed by atoms with van der Waals surface area (Å²) in [6.45, 7) is 0. The highest BCUT2D eigenvalue weighted by Gasteiger charge is 2.33. The fourth-order valence-electron chi connectivity index (χ4n) is 0.954. The first kappa shape index (κ1) is 8.92. The predicted molar refractivity (Wildman–Crippen MR) is 44.5 cm³/mol. The van der Waals surface area contributed by atoms with Gasteiger partial charge in [-0.2, -0.15) is 0 Å². The zero-order valence-corrected chi connectivity index (χ0v) is 7.22. The summed E-state index contributed by atoms with van der Waals surface area (Å²) in [4.78, 5) is 22.7. The van der Waals surface area contributed by atoms with Gasteiger partial charge in [-0.05, 0) is 12.2 Å². The van der Waals surface area contributed by atoms with Crippen LogP contribution in [0.5, 0.6) is 0 Å². The highest BCUT2D eigenvalue weighted by molar-refractivity contribution is 7.80. The van der Waals surface area contributed by atoms with Crippen molar-refractivity contribution in [2.45, 2.75) is 12.5 Å². The minimum atomic E-state index is -1.01. The van der Waals surface area contributed by atoms with Crippen molar-refractivity contribution in [3.05, 3.63) is 0 Å². The molecule has 0 aromatic carbocycles. The number of hydrogen-bond acceptors (Lipinski definition) is 3. The summed E-state index contributed by atoms with van der Waals surface area (Å²) < 4.78 is 0. The lowest BCUT2D eigenvalue weighted by Crippen LogP contribution is -2.31. The van der Waals surface area contributed by atoms with Crippen LogP contribution in [0.15, 0.2) is 0 Å². The minimum Gasteiger partial charge on any atom is -0.481 e. The first-order valence-corrected chi connectivity index (χ1v) is 3.73. The maximum Gasteiger partial charge on any atom is 0.305 e. The van der Waals surface area contributed by atoms with Gasteiger partial charge >= 0.3 is 5.97 Å². The molecule has 0 unspecified atom stereocenters. The molecule has 1 rings (SSSR count). The summed E-state index contributed by atoms with van der Waals surface area (Å²) in [7, 11) is 1.51. The highest BCUT2D eigenvalue weighted by atomic mass is 32.1. The van der Waals surface area contributed by atoms with Crippen LogP contribution in [0.25, 0.3) is 0 Å². The van der Waals surface area contributed by atoms with E-state index in [1.165, 1.54) is 11.9 Å². The molecule has 6 heteroatoms. The van der Waals surface area contributed by atoms with Crippen molar-refractivity contribution in [2.75, 3.05) is 7.05 Å². The van der Waals surface area contributed by atoms with Gasteiger partial charge in [0.2, 0.25) is 0 Å². The molecule has 0 saturated carbocycles. The molecule has 1 aliphatic heterocycles. The van der Waals surface area contributed by atoms with E-state index in [1.54, 1.807) is 0 Å². The van der Waals surface area contributed by atoms with E-state index in [0.717, 1.165) is 0 Å². The van der Waals surface area contributed by atoms with Gasteiger partial charge in [-0.25, -0.2) is 0 Å². The Balaban J connectivity index is 2.65. The lowest BCUT2D eigenvalue weighted by atomic mass is 10.2. The van der Waals surface area contributed by atoms with E-state index in [4.69, 9.17) is 17.3 Å². The van der Waals surface area contributed by atoms with Gasteiger partial charge in [-0.1, -0.05) is 0 Å². The lowest BCUT2D eigenvalue weighted by Gasteiger charge is -2.04. The Morgan fingerprint density at radius 3 is 2.75 bits per heavy atom. The minimum absolute atomic E-state index is 0.233. The Hall–Kier alpha value is -1.17. The second-order valence-electron chi connectivity index (χ2n) is 2.50. The summed E-state index contributed by atoms with van der Waals surface area (Å²) in [5, 5.41) is 11.3. The van der Waals surface area contributed by atoms with E-state index in [9.17, 15) is 9.59 Å². The standard InChI is InChI=1S/C6H8N2O3S/c1-8-5(11)3(2-4(9)10)7-6(8)12/h3H,2H2,1H3,(H,7,12)(H,9,10)/t3-/m1/s1. The quantitative estimate of drug-likeness (QED) is 0.554. The summed E-state index contributed by atoms with van der Waals surface area (Å²) in [5.74, 6) is -1.30. The van der Waals surface area contributed by atoms with Crippen LogP contribution in [0.2, 0.25) is 0 Å². The molecule has 0 radical (unpaired) electrons. The van der Waals surface area contributed by atoms with Crippen molar-refractivity contribution in [1.82, 2.24) is 10.2 Å². The zero-order valence-electron chi connectivity index (χ0n) is 6.40. The summed E-state index contributed by atoms with van der Waals surface area (Å²) in [5.41, 5.74) is 0. The fraction of sp³-hybridized carbons (Fsp3) is 0.500. The molecule has 0 bridgehead atoms. The SMILES string of the molecule is CN1C(=O)[C@@H](CC(=O)O)NC1=S. The lowest BCUT2D eigenvalue weighted by molar-refractivity contribution is -0.140. The molecule has 1 heterocycles. The van der Waals surface area contributed by atoms with Crippen molar-refractivity contribution in [3.8, 4) is 0 Å².